The minimum atomic E-state index is -0.541. The van der Waals surface area contributed by atoms with E-state index < -0.39 is 5.82 Å². The van der Waals surface area contributed by atoms with Crippen molar-refractivity contribution in [2.75, 3.05) is 26.7 Å². The van der Waals surface area contributed by atoms with Gasteiger partial charge in [-0.2, -0.15) is 0 Å². The number of rotatable bonds is 6. The summed E-state index contributed by atoms with van der Waals surface area (Å²) in [6.07, 6.45) is 2.47. The van der Waals surface area contributed by atoms with Gasteiger partial charge in [0.05, 0.1) is 13.2 Å². The smallest absolute Gasteiger partial charge is 0.165 e. The number of aromatic hydroxyl groups is 1. The SMILES string of the molecule is COc1ccc(O[C@@H]2CC3CN(CC(C)c4ccc(O)c(F)c4)C[C@@H]3C2)cc1. The number of fused-ring (bicyclic) bond motifs is 1. The topological polar surface area (TPSA) is 41.9 Å². The molecule has 2 aliphatic rings. The van der Waals surface area contributed by atoms with Crippen molar-refractivity contribution in [1.82, 2.24) is 4.90 Å². The van der Waals surface area contributed by atoms with E-state index in [9.17, 15) is 9.50 Å². The Hall–Kier alpha value is -2.27. The molecule has 4 atom stereocenters. The monoisotopic (exact) mass is 385 g/mol. The van der Waals surface area contributed by atoms with Crippen LogP contribution in [0.25, 0.3) is 0 Å². The molecule has 28 heavy (non-hydrogen) atoms. The van der Waals surface area contributed by atoms with Crippen LogP contribution in [0.5, 0.6) is 17.2 Å². The molecule has 4 rings (SSSR count). The molecule has 0 amide bonds. The predicted molar refractivity (Wildman–Crippen MR) is 107 cm³/mol. The lowest BCUT2D eigenvalue weighted by atomic mass is 10.0. The van der Waals surface area contributed by atoms with Gasteiger partial charge < -0.3 is 19.5 Å². The Kier molecular flexibility index (Phi) is 5.44. The van der Waals surface area contributed by atoms with E-state index in [1.54, 1.807) is 7.11 Å². The van der Waals surface area contributed by atoms with Gasteiger partial charge >= 0.3 is 0 Å². The van der Waals surface area contributed by atoms with Crippen molar-refractivity contribution in [2.45, 2.75) is 31.8 Å². The first kappa shape index (κ1) is 19.1. The summed E-state index contributed by atoms with van der Waals surface area (Å²) in [5.74, 6) is 2.51. The second-order valence-corrected chi connectivity index (χ2v) is 8.24. The fourth-order valence-electron chi connectivity index (χ4n) is 4.76. The average molecular weight is 385 g/mol. The zero-order valence-electron chi connectivity index (χ0n) is 16.5. The predicted octanol–water partition coefficient (Wildman–Crippen LogP) is 4.43. The van der Waals surface area contributed by atoms with Gasteiger partial charge in [0.15, 0.2) is 11.6 Å². The molecule has 2 fully saturated rings. The van der Waals surface area contributed by atoms with E-state index in [1.165, 1.54) is 12.1 Å². The summed E-state index contributed by atoms with van der Waals surface area (Å²) in [4.78, 5) is 2.49. The van der Waals surface area contributed by atoms with Gasteiger partial charge in [-0.3, -0.25) is 0 Å². The van der Waals surface area contributed by atoms with Gasteiger partial charge in [-0.1, -0.05) is 13.0 Å². The van der Waals surface area contributed by atoms with Crippen molar-refractivity contribution >= 4 is 0 Å². The highest BCUT2D eigenvalue weighted by molar-refractivity contribution is 5.31. The summed E-state index contributed by atoms with van der Waals surface area (Å²) in [5.41, 5.74) is 0.938. The highest BCUT2D eigenvalue weighted by atomic mass is 19.1. The van der Waals surface area contributed by atoms with Gasteiger partial charge in [-0.15, -0.1) is 0 Å². The van der Waals surface area contributed by atoms with Crippen molar-refractivity contribution in [1.29, 1.82) is 0 Å². The Morgan fingerprint density at radius 1 is 1.07 bits per heavy atom. The fraction of sp³-hybridized carbons (Fsp3) is 0.478. The average Bonchev–Trinajstić information content (AvgIpc) is 3.22. The second-order valence-electron chi connectivity index (χ2n) is 8.24. The Labute approximate surface area is 165 Å². The molecule has 0 aromatic heterocycles. The number of phenols is 1. The third-order valence-corrected chi connectivity index (χ3v) is 6.22. The lowest BCUT2D eigenvalue weighted by molar-refractivity contribution is 0.184. The van der Waals surface area contributed by atoms with E-state index in [2.05, 4.69) is 11.8 Å². The molecule has 1 heterocycles. The van der Waals surface area contributed by atoms with Gasteiger partial charge in [0.2, 0.25) is 0 Å². The summed E-state index contributed by atoms with van der Waals surface area (Å²) in [7, 11) is 1.67. The Bertz CT molecular complexity index is 796. The lowest BCUT2D eigenvalue weighted by Crippen LogP contribution is -2.28. The maximum atomic E-state index is 13.6. The number of hydrogen-bond donors (Lipinski definition) is 1. The highest BCUT2D eigenvalue weighted by Gasteiger charge is 2.42. The van der Waals surface area contributed by atoms with Crippen LogP contribution in [0.3, 0.4) is 0 Å². The van der Waals surface area contributed by atoms with E-state index in [-0.39, 0.29) is 17.8 Å². The molecule has 2 unspecified atom stereocenters. The van der Waals surface area contributed by atoms with E-state index >= 15 is 0 Å². The molecular formula is C23H28FNO3. The van der Waals surface area contributed by atoms with Crippen LogP contribution in [0.1, 0.15) is 31.2 Å². The normalized spacial score (nSPS) is 25.5. The minimum absolute atomic E-state index is 0.236. The molecule has 5 heteroatoms. The van der Waals surface area contributed by atoms with Gasteiger partial charge in [0.25, 0.3) is 0 Å². The molecule has 4 nitrogen and oxygen atoms in total. The van der Waals surface area contributed by atoms with Crippen molar-refractivity contribution in [3.05, 3.63) is 53.8 Å². The molecule has 150 valence electrons. The van der Waals surface area contributed by atoms with Gasteiger partial charge in [-0.25, -0.2) is 4.39 Å². The maximum absolute atomic E-state index is 13.6. The van der Waals surface area contributed by atoms with Crippen LogP contribution in [0.2, 0.25) is 0 Å². The largest absolute Gasteiger partial charge is 0.505 e. The molecule has 1 saturated heterocycles. The summed E-state index contributed by atoms with van der Waals surface area (Å²) in [6.45, 7) is 5.20. The number of halogens is 1. The fourth-order valence-corrected chi connectivity index (χ4v) is 4.76. The zero-order valence-corrected chi connectivity index (χ0v) is 16.5. The highest BCUT2D eigenvalue weighted by Crippen LogP contribution is 2.40. The first-order chi connectivity index (χ1) is 13.5. The Balaban J connectivity index is 1.28. The van der Waals surface area contributed by atoms with Crippen LogP contribution >= 0.6 is 0 Å². The third-order valence-electron chi connectivity index (χ3n) is 6.22. The van der Waals surface area contributed by atoms with E-state index in [4.69, 9.17) is 9.47 Å². The number of ether oxygens (including phenoxy) is 2. The van der Waals surface area contributed by atoms with Gasteiger partial charge in [0.1, 0.15) is 11.5 Å². The number of hydrogen-bond acceptors (Lipinski definition) is 4. The molecular weight excluding hydrogens is 357 g/mol. The Morgan fingerprint density at radius 2 is 1.71 bits per heavy atom. The summed E-state index contributed by atoms with van der Waals surface area (Å²) < 4.78 is 25.0. The van der Waals surface area contributed by atoms with E-state index in [1.807, 2.05) is 30.3 Å². The quantitative estimate of drug-likeness (QED) is 0.799. The molecule has 0 bridgehead atoms. The molecule has 0 spiro atoms. The summed E-state index contributed by atoms with van der Waals surface area (Å²) in [6, 6.07) is 12.5. The molecule has 2 aromatic carbocycles. The van der Waals surface area contributed by atoms with Crippen molar-refractivity contribution < 1.29 is 19.0 Å². The number of benzene rings is 2. The standard InChI is InChI=1S/C23H28FNO3/c1-15(16-3-8-23(26)22(24)11-16)12-25-13-17-9-21(10-18(17)14-25)28-20-6-4-19(27-2)5-7-20/h3-8,11,15,17-18,21,26H,9-10,12-14H2,1-2H3/t15?,17-,18?,21-/m0/s1. The first-order valence-electron chi connectivity index (χ1n) is 10.0. The number of nitrogens with zero attached hydrogens (tertiary/aromatic N) is 1. The molecule has 2 aromatic rings. The van der Waals surface area contributed by atoms with Crippen LogP contribution in [0, 0.1) is 17.7 Å². The van der Waals surface area contributed by atoms with E-state index in [0.717, 1.165) is 49.5 Å². The van der Waals surface area contributed by atoms with E-state index in [0.29, 0.717) is 11.8 Å². The Morgan fingerprint density at radius 3 is 2.32 bits per heavy atom. The molecule has 1 saturated carbocycles. The number of methoxy groups -OCH3 is 1. The maximum Gasteiger partial charge on any atom is 0.165 e. The first-order valence-corrected chi connectivity index (χ1v) is 10.0. The summed E-state index contributed by atoms with van der Waals surface area (Å²) >= 11 is 0. The van der Waals surface area contributed by atoms with Crippen LogP contribution in [-0.2, 0) is 0 Å². The van der Waals surface area contributed by atoms with Crippen molar-refractivity contribution in [3.63, 3.8) is 0 Å². The second kappa shape index (κ2) is 8.00. The summed E-state index contributed by atoms with van der Waals surface area (Å²) in [5, 5.41) is 9.37. The van der Waals surface area contributed by atoms with Crippen LogP contribution in [-0.4, -0.2) is 42.9 Å². The van der Waals surface area contributed by atoms with Crippen LogP contribution < -0.4 is 9.47 Å². The van der Waals surface area contributed by atoms with Crippen molar-refractivity contribution in [2.24, 2.45) is 11.8 Å². The molecule has 0 radical (unpaired) electrons. The minimum Gasteiger partial charge on any atom is -0.505 e. The van der Waals surface area contributed by atoms with Crippen molar-refractivity contribution in [3.8, 4) is 17.2 Å². The number of likely N-dealkylation sites (tertiary alicyclic amines) is 1. The number of phenolic OH excluding ortho intramolecular Hbond substituents is 1. The lowest BCUT2D eigenvalue weighted by Gasteiger charge is -2.23. The van der Waals surface area contributed by atoms with Gasteiger partial charge in [-0.05, 0) is 72.6 Å². The molecule has 1 N–H and O–H groups in total. The van der Waals surface area contributed by atoms with Crippen LogP contribution in [0.15, 0.2) is 42.5 Å². The third kappa shape index (κ3) is 4.09. The zero-order chi connectivity index (χ0) is 19.7. The molecule has 1 aliphatic heterocycles. The van der Waals surface area contributed by atoms with Gasteiger partial charge in [0, 0.05) is 19.6 Å². The molecule has 1 aliphatic carbocycles. The van der Waals surface area contributed by atoms with Crippen LogP contribution in [0.4, 0.5) is 4.39 Å².